The lowest BCUT2D eigenvalue weighted by Crippen LogP contribution is -2.28. The zero-order valence-corrected chi connectivity index (χ0v) is 15.7. The van der Waals surface area contributed by atoms with E-state index >= 15 is 0 Å². The van der Waals surface area contributed by atoms with Gasteiger partial charge in [-0.05, 0) is 42.8 Å². The van der Waals surface area contributed by atoms with E-state index in [0.717, 1.165) is 6.26 Å². The van der Waals surface area contributed by atoms with E-state index in [9.17, 15) is 13.2 Å². The first-order chi connectivity index (χ1) is 12.3. The summed E-state index contributed by atoms with van der Waals surface area (Å²) >= 11 is 0. The van der Waals surface area contributed by atoms with Gasteiger partial charge in [-0.15, -0.1) is 0 Å². The maximum Gasteiger partial charge on any atom is 0.251 e. The van der Waals surface area contributed by atoms with Crippen molar-refractivity contribution >= 4 is 21.6 Å². The number of methoxy groups -OCH3 is 1. The molecule has 0 fully saturated rings. The molecule has 26 heavy (non-hydrogen) atoms. The van der Waals surface area contributed by atoms with E-state index in [0.29, 0.717) is 41.5 Å². The smallest absolute Gasteiger partial charge is 0.251 e. The molecule has 8 heteroatoms. The Morgan fingerprint density at radius 1 is 1.12 bits per heavy atom. The number of amides is 1. The van der Waals surface area contributed by atoms with Crippen LogP contribution in [-0.2, 0) is 10.0 Å². The Labute approximate surface area is 153 Å². The van der Waals surface area contributed by atoms with Gasteiger partial charge >= 0.3 is 0 Å². The minimum Gasteiger partial charge on any atom is -0.493 e. The summed E-state index contributed by atoms with van der Waals surface area (Å²) in [6, 6.07) is 12.0. The van der Waals surface area contributed by atoms with Crippen LogP contribution in [-0.4, -0.2) is 40.8 Å². The molecule has 0 heterocycles. The van der Waals surface area contributed by atoms with Crippen LogP contribution in [0.25, 0.3) is 0 Å². The number of ether oxygens (including phenoxy) is 2. The molecule has 0 unspecified atom stereocenters. The molecular weight excluding hydrogens is 356 g/mol. The molecule has 7 nitrogen and oxygen atoms in total. The molecule has 0 aromatic heterocycles. The molecule has 0 atom stereocenters. The van der Waals surface area contributed by atoms with E-state index in [2.05, 4.69) is 10.0 Å². The number of sulfonamides is 1. The molecule has 0 radical (unpaired) electrons. The monoisotopic (exact) mass is 378 g/mol. The fourth-order valence-corrected chi connectivity index (χ4v) is 2.91. The Bertz CT molecular complexity index is 881. The molecule has 0 aliphatic rings. The number of para-hydroxylation sites is 2. The predicted molar refractivity (Wildman–Crippen MR) is 100 cm³/mol. The third-order valence-electron chi connectivity index (χ3n) is 3.50. The van der Waals surface area contributed by atoms with E-state index in [-0.39, 0.29) is 5.91 Å². The molecule has 0 bridgehead atoms. The van der Waals surface area contributed by atoms with Crippen molar-refractivity contribution in [3.05, 3.63) is 53.6 Å². The van der Waals surface area contributed by atoms with Gasteiger partial charge < -0.3 is 14.8 Å². The van der Waals surface area contributed by atoms with Crippen molar-refractivity contribution in [3.8, 4) is 11.5 Å². The van der Waals surface area contributed by atoms with Crippen LogP contribution < -0.4 is 19.5 Å². The van der Waals surface area contributed by atoms with Crippen LogP contribution in [0, 0.1) is 6.92 Å². The molecule has 0 aliphatic carbocycles. The van der Waals surface area contributed by atoms with Crippen molar-refractivity contribution in [1.29, 1.82) is 0 Å². The predicted octanol–water partition coefficient (Wildman–Crippen LogP) is 2.18. The molecule has 2 aromatic rings. The fourth-order valence-electron chi connectivity index (χ4n) is 2.28. The Morgan fingerprint density at radius 3 is 2.42 bits per heavy atom. The van der Waals surface area contributed by atoms with Gasteiger partial charge in [0.05, 0.1) is 25.6 Å². The van der Waals surface area contributed by atoms with Gasteiger partial charge in [-0.1, -0.05) is 12.1 Å². The maximum absolute atomic E-state index is 12.2. The summed E-state index contributed by atoms with van der Waals surface area (Å²) in [7, 11) is -1.80. The van der Waals surface area contributed by atoms with E-state index in [4.69, 9.17) is 9.47 Å². The van der Waals surface area contributed by atoms with E-state index in [1.807, 2.05) is 12.1 Å². The highest BCUT2D eigenvalue weighted by Crippen LogP contribution is 2.25. The summed E-state index contributed by atoms with van der Waals surface area (Å²) in [5, 5.41) is 2.76. The Morgan fingerprint density at radius 2 is 1.81 bits per heavy atom. The zero-order valence-electron chi connectivity index (χ0n) is 14.9. The number of aryl methyl sites for hydroxylation is 1. The van der Waals surface area contributed by atoms with Crippen molar-refractivity contribution in [2.24, 2.45) is 0 Å². The van der Waals surface area contributed by atoms with Gasteiger partial charge in [-0.3, -0.25) is 9.52 Å². The van der Waals surface area contributed by atoms with Crippen molar-refractivity contribution in [3.63, 3.8) is 0 Å². The molecule has 2 aromatic carbocycles. The van der Waals surface area contributed by atoms with Crippen molar-refractivity contribution in [1.82, 2.24) is 5.32 Å². The number of hydrogen-bond donors (Lipinski definition) is 2. The highest BCUT2D eigenvalue weighted by atomic mass is 32.2. The maximum atomic E-state index is 12.2. The average molecular weight is 378 g/mol. The quantitative estimate of drug-likeness (QED) is 0.687. The lowest BCUT2D eigenvalue weighted by Gasteiger charge is -2.12. The Hall–Kier alpha value is -2.74. The summed E-state index contributed by atoms with van der Waals surface area (Å²) in [5.41, 5.74) is 1.55. The zero-order chi connectivity index (χ0) is 19.2. The molecule has 2 rings (SSSR count). The lowest BCUT2D eigenvalue weighted by molar-refractivity contribution is 0.0946. The van der Waals surface area contributed by atoms with Crippen LogP contribution in [0.2, 0.25) is 0 Å². The summed E-state index contributed by atoms with van der Waals surface area (Å²) in [6.45, 7) is 2.34. The molecular formula is C18H22N2O5S. The number of benzene rings is 2. The van der Waals surface area contributed by atoms with Crippen LogP contribution in [0.15, 0.2) is 42.5 Å². The first-order valence-electron chi connectivity index (χ1n) is 7.92. The van der Waals surface area contributed by atoms with Crippen molar-refractivity contribution in [2.45, 2.75) is 6.92 Å². The first kappa shape index (κ1) is 19.6. The van der Waals surface area contributed by atoms with E-state index in [1.165, 1.54) is 0 Å². The van der Waals surface area contributed by atoms with Gasteiger partial charge in [0.2, 0.25) is 10.0 Å². The van der Waals surface area contributed by atoms with Gasteiger partial charge in [0, 0.05) is 5.56 Å². The average Bonchev–Trinajstić information content (AvgIpc) is 2.59. The first-order valence-corrected chi connectivity index (χ1v) is 9.82. The largest absolute Gasteiger partial charge is 0.493 e. The normalized spacial score (nSPS) is 10.9. The minimum absolute atomic E-state index is 0.261. The number of rotatable bonds is 8. The van der Waals surface area contributed by atoms with Crippen molar-refractivity contribution < 1.29 is 22.7 Å². The van der Waals surface area contributed by atoms with E-state index < -0.39 is 10.0 Å². The van der Waals surface area contributed by atoms with E-state index in [1.54, 1.807) is 44.4 Å². The van der Waals surface area contributed by atoms with Crippen LogP contribution in [0.5, 0.6) is 11.5 Å². The third kappa shape index (κ3) is 5.66. The molecule has 140 valence electrons. The topological polar surface area (TPSA) is 93.7 Å². The summed E-state index contributed by atoms with van der Waals surface area (Å²) in [5.74, 6) is 0.974. The van der Waals surface area contributed by atoms with Gasteiger partial charge in [-0.2, -0.15) is 0 Å². The highest BCUT2D eigenvalue weighted by molar-refractivity contribution is 7.92. The van der Waals surface area contributed by atoms with Crippen LogP contribution >= 0.6 is 0 Å². The van der Waals surface area contributed by atoms with Gasteiger partial charge in [0.25, 0.3) is 5.91 Å². The second kappa shape index (κ2) is 8.57. The molecule has 1 amide bonds. The molecule has 0 spiro atoms. The summed E-state index contributed by atoms with van der Waals surface area (Å²) in [4.78, 5) is 12.2. The number of carbonyl (C=O) groups is 1. The van der Waals surface area contributed by atoms with Crippen molar-refractivity contribution in [2.75, 3.05) is 31.2 Å². The summed E-state index contributed by atoms with van der Waals surface area (Å²) in [6.07, 6.45) is 1.08. The summed E-state index contributed by atoms with van der Waals surface area (Å²) < 4.78 is 35.8. The van der Waals surface area contributed by atoms with Crippen LogP contribution in [0.3, 0.4) is 0 Å². The molecule has 2 N–H and O–H groups in total. The molecule has 0 saturated carbocycles. The van der Waals surface area contributed by atoms with Gasteiger partial charge in [0.1, 0.15) is 6.61 Å². The second-order valence-electron chi connectivity index (χ2n) is 5.66. The van der Waals surface area contributed by atoms with Crippen LogP contribution in [0.1, 0.15) is 15.9 Å². The number of nitrogens with one attached hydrogen (secondary N) is 2. The Balaban J connectivity index is 1.89. The second-order valence-corrected chi connectivity index (χ2v) is 7.41. The van der Waals surface area contributed by atoms with Gasteiger partial charge in [-0.25, -0.2) is 8.42 Å². The number of carbonyl (C=O) groups excluding carboxylic acids is 1. The minimum atomic E-state index is -3.36. The molecule has 0 aliphatic heterocycles. The standard InChI is InChI=1S/C18H22N2O5S/c1-13-12-14(8-9-15(13)20-26(3,22)23)18(21)19-10-11-25-17-7-5-4-6-16(17)24-2/h4-9,12,20H,10-11H2,1-3H3,(H,19,21). The van der Waals surface area contributed by atoms with Gasteiger partial charge in [0.15, 0.2) is 11.5 Å². The third-order valence-corrected chi connectivity index (χ3v) is 4.09. The number of hydrogen-bond acceptors (Lipinski definition) is 5. The lowest BCUT2D eigenvalue weighted by atomic mass is 10.1. The molecule has 0 saturated heterocycles. The number of anilines is 1. The SMILES string of the molecule is COc1ccccc1OCCNC(=O)c1ccc(NS(C)(=O)=O)c(C)c1. The Kier molecular flexibility index (Phi) is 6.46. The highest BCUT2D eigenvalue weighted by Gasteiger charge is 2.10. The fraction of sp³-hybridized carbons (Fsp3) is 0.278. The van der Waals surface area contributed by atoms with Crippen LogP contribution in [0.4, 0.5) is 5.69 Å².